The summed E-state index contributed by atoms with van der Waals surface area (Å²) in [7, 11) is 0. The summed E-state index contributed by atoms with van der Waals surface area (Å²) in [6.45, 7) is 12.5. The summed E-state index contributed by atoms with van der Waals surface area (Å²) in [5.41, 5.74) is 0.767. The van der Waals surface area contributed by atoms with Crippen molar-refractivity contribution in [3.8, 4) is 0 Å². The van der Waals surface area contributed by atoms with E-state index in [9.17, 15) is 9.59 Å². The first-order valence-electron chi connectivity index (χ1n) is 7.18. The van der Waals surface area contributed by atoms with Crippen LogP contribution in [0.5, 0.6) is 0 Å². The minimum Gasteiger partial charge on any atom is -0.340 e. The minimum atomic E-state index is 0.0172. The average Bonchev–Trinajstić information content (AvgIpc) is 2.75. The van der Waals surface area contributed by atoms with Crippen LogP contribution in [0.4, 0.5) is 0 Å². The molecule has 0 N–H and O–H groups in total. The van der Waals surface area contributed by atoms with Crippen LogP contribution in [0, 0.1) is 5.92 Å². The van der Waals surface area contributed by atoms with Crippen LogP contribution in [0.2, 0.25) is 0 Å². The highest BCUT2D eigenvalue weighted by Crippen LogP contribution is 2.13. The van der Waals surface area contributed by atoms with Gasteiger partial charge in [0.25, 0.3) is 5.91 Å². The molecule has 0 atom stereocenters. The first-order chi connectivity index (χ1) is 9.49. The molecule has 0 aromatic rings. The van der Waals surface area contributed by atoms with Gasteiger partial charge in [-0.2, -0.15) is 0 Å². The van der Waals surface area contributed by atoms with Crippen molar-refractivity contribution in [2.24, 2.45) is 5.92 Å². The molecule has 0 spiro atoms. The zero-order valence-electron chi connectivity index (χ0n) is 12.3. The molecule has 0 aromatic carbocycles. The molecule has 0 aliphatic carbocycles. The van der Waals surface area contributed by atoms with E-state index in [1.807, 2.05) is 18.7 Å². The number of rotatable bonds is 4. The van der Waals surface area contributed by atoms with Gasteiger partial charge in [0.2, 0.25) is 5.91 Å². The Hall–Kier alpha value is -1.62. The van der Waals surface area contributed by atoms with Crippen molar-refractivity contribution in [1.82, 2.24) is 14.7 Å². The summed E-state index contributed by atoms with van der Waals surface area (Å²) in [6, 6.07) is 0. The second kappa shape index (κ2) is 6.22. The Bertz CT molecular complexity index is 416. The third-order valence-corrected chi connectivity index (χ3v) is 3.85. The first kappa shape index (κ1) is 14.8. The molecule has 2 rings (SSSR count). The van der Waals surface area contributed by atoms with Crippen LogP contribution in [-0.2, 0) is 9.59 Å². The van der Waals surface area contributed by atoms with Crippen LogP contribution >= 0.6 is 0 Å². The lowest BCUT2D eigenvalue weighted by molar-refractivity contribution is -0.136. The topological polar surface area (TPSA) is 43.9 Å². The Kier molecular flexibility index (Phi) is 4.60. The Morgan fingerprint density at radius 1 is 1.20 bits per heavy atom. The number of nitrogens with zero attached hydrogens (tertiary/aromatic N) is 3. The average molecular weight is 277 g/mol. The standard InChI is InChI=1S/C15H23N3O2/c1-12(2)15(20)17-9-6-16(7-10-17)8-11-18-13(3)4-5-14(18)19/h4-5,12H,3,6-11H2,1-2H3. The van der Waals surface area contributed by atoms with Crippen LogP contribution in [0.25, 0.3) is 0 Å². The Labute approximate surface area is 120 Å². The van der Waals surface area contributed by atoms with Gasteiger partial charge in [0.1, 0.15) is 0 Å². The van der Waals surface area contributed by atoms with Gasteiger partial charge in [-0.3, -0.25) is 14.5 Å². The van der Waals surface area contributed by atoms with E-state index >= 15 is 0 Å². The van der Waals surface area contributed by atoms with Crippen molar-refractivity contribution >= 4 is 11.8 Å². The first-order valence-corrected chi connectivity index (χ1v) is 7.18. The molecule has 2 amide bonds. The molecule has 20 heavy (non-hydrogen) atoms. The summed E-state index contributed by atoms with van der Waals surface area (Å²) in [5.74, 6) is 0.318. The third kappa shape index (κ3) is 3.28. The normalized spacial score (nSPS) is 20.4. The minimum absolute atomic E-state index is 0.0172. The summed E-state index contributed by atoms with van der Waals surface area (Å²) in [5, 5.41) is 0. The number of amides is 2. The second-order valence-electron chi connectivity index (χ2n) is 5.64. The molecular weight excluding hydrogens is 254 g/mol. The zero-order chi connectivity index (χ0) is 14.7. The summed E-state index contributed by atoms with van der Waals surface area (Å²) < 4.78 is 0. The maximum Gasteiger partial charge on any atom is 0.251 e. The highest BCUT2D eigenvalue weighted by atomic mass is 16.2. The van der Waals surface area contributed by atoms with E-state index in [2.05, 4.69) is 11.5 Å². The monoisotopic (exact) mass is 277 g/mol. The fraction of sp³-hybridized carbons (Fsp3) is 0.600. The molecule has 5 heteroatoms. The van der Waals surface area contributed by atoms with Crippen LogP contribution < -0.4 is 0 Å². The number of carbonyl (C=O) groups is 2. The summed E-state index contributed by atoms with van der Waals surface area (Å²) >= 11 is 0. The Balaban J connectivity index is 1.74. The van der Waals surface area contributed by atoms with Gasteiger partial charge in [0.05, 0.1) is 0 Å². The molecular formula is C15H23N3O2. The largest absolute Gasteiger partial charge is 0.340 e. The van der Waals surface area contributed by atoms with E-state index in [0.29, 0.717) is 6.54 Å². The van der Waals surface area contributed by atoms with Gasteiger partial charge in [-0.1, -0.05) is 20.4 Å². The van der Waals surface area contributed by atoms with Crippen molar-refractivity contribution in [1.29, 1.82) is 0 Å². The number of carbonyl (C=O) groups excluding carboxylic acids is 2. The summed E-state index contributed by atoms with van der Waals surface area (Å²) in [4.78, 5) is 29.4. The lowest BCUT2D eigenvalue weighted by Gasteiger charge is -2.36. The van der Waals surface area contributed by atoms with Gasteiger partial charge < -0.3 is 9.80 Å². The molecule has 0 unspecified atom stereocenters. The quantitative estimate of drug-likeness (QED) is 0.760. The van der Waals surface area contributed by atoms with Crippen molar-refractivity contribution in [2.75, 3.05) is 39.3 Å². The van der Waals surface area contributed by atoms with Crippen LogP contribution in [0.15, 0.2) is 24.4 Å². The molecule has 1 saturated heterocycles. The van der Waals surface area contributed by atoms with Gasteiger partial charge in [-0.25, -0.2) is 0 Å². The highest BCUT2D eigenvalue weighted by Gasteiger charge is 2.24. The van der Waals surface area contributed by atoms with Gasteiger partial charge in [-0.15, -0.1) is 0 Å². The number of hydrogen-bond acceptors (Lipinski definition) is 3. The van der Waals surface area contributed by atoms with Gasteiger partial charge in [0.15, 0.2) is 0 Å². The van der Waals surface area contributed by atoms with Crippen molar-refractivity contribution in [3.63, 3.8) is 0 Å². The Morgan fingerprint density at radius 2 is 1.85 bits per heavy atom. The smallest absolute Gasteiger partial charge is 0.251 e. The van der Waals surface area contributed by atoms with E-state index in [-0.39, 0.29) is 17.7 Å². The van der Waals surface area contributed by atoms with Crippen LogP contribution in [-0.4, -0.2) is 65.8 Å². The van der Waals surface area contributed by atoms with E-state index < -0.39 is 0 Å². The molecule has 0 radical (unpaired) electrons. The lowest BCUT2D eigenvalue weighted by Crippen LogP contribution is -2.51. The molecule has 0 aromatic heterocycles. The number of allylic oxidation sites excluding steroid dienone is 1. The fourth-order valence-electron chi connectivity index (χ4n) is 2.54. The maximum absolute atomic E-state index is 11.9. The SMILES string of the molecule is C=C1C=CC(=O)N1CCN1CCN(C(=O)C(C)C)CC1. The molecule has 110 valence electrons. The molecule has 2 aliphatic rings. The van der Waals surface area contributed by atoms with Gasteiger partial charge >= 0.3 is 0 Å². The maximum atomic E-state index is 11.9. The molecule has 2 heterocycles. The van der Waals surface area contributed by atoms with E-state index in [1.165, 1.54) is 0 Å². The zero-order valence-corrected chi connectivity index (χ0v) is 12.3. The summed E-state index contributed by atoms with van der Waals surface area (Å²) in [6.07, 6.45) is 3.31. The molecule has 1 fully saturated rings. The van der Waals surface area contributed by atoms with Crippen molar-refractivity contribution in [2.45, 2.75) is 13.8 Å². The molecule has 5 nitrogen and oxygen atoms in total. The molecule has 0 bridgehead atoms. The van der Waals surface area contributed by atoms with Gasteiger partial charge in [-0.05, 0) is 6.08 Å². The van der Waals surface area contributed by atoms with E-state index in [1.54, 1.807) is 17.1 Å². The fourth-order valence-corrected chi connectivity index (χ4v) is 2.54. The number of hydrogen-bond donors (Lipinski definition) is 0. The van der Waals surface area contributed by atoms with Crippen LogP contribution in [0.3, 0.4) is 0 Å². The second-order valence-corrected chi connectivity index (χ2v) is 5.64. The predicted molar refractivity (Wildman–Crippen MR) is 77.9 cm³/mol. The van der Waals surface area contributed by atoms with E-state index in [4.69, 9.17) is 0 Å². The van der Waals surface area contributed by atoms with Gasteiger partial charge in [0, 0.05) is 57.0 Å². The molecule has 2 aliphatic heterocycles. The Morgan fingerprint density at radius 3 is 2.35 bits per heavy atom. The highest BCUT2D eigenvalue weighted by molar-refractivity contribution is 5.93. The van der Waals surface area contributed by atoms with Crippen LogP contribution in [0.1, 0.15) is 13.8 Å². The predicted octanol–water partition coefficient (Wildman–Crippen LogP) is 0.699. The molecule has 0 saturated carbocycles. The van der Waals surface area contributed by atoms with Crippen molar-refractivity contribution in [3.05, 3.63) is 24.4 Å². The lowest BCUT2D eigenvalue weighted by atomic mass is 10.1. The van der Waals surface area contributed by atoms with Crippen molar-refractivity contribution < 1.29 is 9.59 Å². The number of piperazine rings is 1. The third-order valence-electron chi connectivity index (χ3n) is 3.85. The van der Waals surface area contributed by atoms with E-state index in [0.717, 1.165) is 38.4 Å².